The van der Waals surface area contributed by atoms with E-state index in [9.17, 15) is 17.6 Å². The number of rotatable bonds is 6. The Morgan fingerprint density at radius 2 is 1.90 bits per heavy atom. The Hall–Kier alpha value is -2.59. The van der Waals surface area contributed by atoms with Crippen LogP contribution in [0.5, 0.6) is 0 Å². The first-order chi connectivity index (χ1) is 14.8. The minimum Gasteiger partial charge on any atom is -0.376 e. The summed E-state index contributed by atoms with van der Waals surface area (Å²) in [5.41, 5.74) is 1.64. The van der Waals surface area contributed by atoms with Gasteiger partial charge in [0.1, 0.15) is 5.82 Å². The van der Waals surface area contributed by atoms with Crippen LogP contribution in [0.25, 0.3) is 10.9 Å². The highest BCUT2D eigenvalue weighted by Gasteiger charge is 2.29. The normalized spacial score (nSPS) is 17.3. The molecule has 3 aromatic rings. The smallest absolute Gasteiger partial charge is 0.252 e. The second-order valence-electron chi connectivity index (χ2n) is 7.53. The summed E-state index contributed by atoms with van der Waals surface area (Å²) in [6, 6.07) is 11.9. The van der Waals surface area contributed by atoms with Crippen LogP contribution in [0.4, 0.5) is 4.39 Å². The number of nitrogens with one attached hydrogen (secondary N) is 1. The van der Waals surface area contributed by atoms with E-state index in [0.29, 0.717) is 24.3 Å². The SMILES string of the molecule is Cc1ccc2[nH]c(=O)c(CN(CC3COCCO3)S(=O)(=O)c3ccc(F)cc3)cc2c1. The molecule has 1 unspecified atom stereocenters. The van der Waals surface area contributed by atoms with E-state index >= 15 is 0 Å². The fourth-order valence-electron chi connectivity index (χ4n) is 3.55. The summed E-state index contributed by atoms with van der Waals surface area (Å²) in [5, 5.41) is 0.811. The molecule has 0 bridgehead atoms. The number of pyridine rings is 1. The molecule has 1 aromatic heterocycles. The molecule has 2 heterocycles. The lowest BCUT2D eigenvalue weighted by Crippen LogP contribution is -2.43. The molecule has 0 saturated carbocycles. The number of hydrogen-bond donors (Lipinski definition) is 1. The van der Waals surface area contributed by atoms with Crippen LogP contribution in [0, 0.1) is 12.7 Å². The first-order valence-electron chi connectivity index (χ1n) is 9.90. The molecule has 164 valence electrons. The molecule has 0 spiro atoms. The Morgan fingerprint density at radius 1 is 1.13 bits per heavy atom. The van der Waals surface area contributed by atoms with Crippen molar-refractivity contribution in [2.45, 2.75) is 24.5 Å². The van der Waals surface area contributed by atoms with Crippen molar-refractivity contribution < 1.29 is 22.3 Å². The van der Waals surface area contributed by atoms with Crippen LogP contribution in [0.2, 0.25) is 0 Å². The third-order valence-corrected chi connectivity index (χ3v) is 6.99. The highest BCUT2D eigenvalue weighted by Crippen LogP contribution is 2.21. The molecule has 4 rings (SSSR count). The van der Waals surface area contributed by atoms with E-state index in [1.54, 1.807) is 6.07 Å². The zero-order valence-corrected chi connectivity index (χ0v) is 17.8. The van der Waals surface area contributed by atoms with Gasteiger partial charge in [-0.15, -0.1) is 0 Å². The van der Waals surface area contributed by atoms with Gasteiger partial charge in [-0.1, -0.05) is 11.6 Å². The fraction of sp³-hybridized carbons (Fsp3) is 0.318. The molecule has 2 aromatic carbocycles. The zero-order chi connectivity index (χ0) is 22.0. The summed E-state index contributed by atoms with van der Waals surface area (Å²) in [5.74, 6) is -0.532. The van der Waals surface area contributed by atoms with Crippen molar-refractivity contribution in [1.82, 2.24) is 9.29 Å². The summed E-state index contributed by atoms with van der Waals surface area (Å²) in [7, 11) is -4.02. The van der Waals surface area contributed by atoms with E-state index in [1.165, 1.54) is 16.4 Å². The highest BCUT2D eigenvalue weighted by atomic mass is 32.2. The second-order valence-corrected chi connectivity index (χ2v) is 9.47. The fourth-order valence-corrected chi connectivity index (χ4v) is 5.00. The van der Waals surface area contributed by atoms with Gasteiger partial charge < -0.3 is 14.5 Å². The van der Waals surface area contributed by atoms with Crippen LogP contribution in [-0.4, -0.2) is 50.2 Å². The predicted octanol–water partition coefficient (Wildman–Crippen LogP) is 2.58. The summed E-state index contributed by atoms with van der Waals surface area (Å²) < 4.78 is 52.2. The number of H-pyrrole nitrogens is 1. The average molecular weight is 447 g/mol. The van der Waals surface area contributed by atoms with Crippen molar-refractivity contribution in [2.24, 2.45) is 0 Å². The maximum Gasteiger partial charge on any atom is 0.252 e. The molecule has 0 amide bonds. The number of nitrogens with zero attached hydrogens (tertiary/aromatic N) is 1. The molecule has 9 heteroatoms. The Labute approximate surface area is 179 Å². The maximum atomic E-state index is 13.3. The number of fused-ring (bicyclic) bond motifs is 1. The Morgan fingerprint density at radius 3 is 2.61 bits per heavy atom. The average Bonchev–Trinajstić information content (AvgIpc) is 2.75. The van der Waals surface area contributed by atoms with Crippen LogP contribution in [-0.2, 0) is 26.0 Å². The van der Waals surface area contributed by atoms with Gasteiger partial charge >= 0.3 is 0 Å². The van der Waals surface area contributed by atoms with Crippen LogP contribution in [0.15, 0.2) is 58.2 Å². The number of halogens is 1. The topological polar surface area (TPSA) is 88.7 Å². The molecule has 1 atom stereocenters. The first-order valence-corrected chi connectivity index (χ1v) is 11.3. The van der Waals surface area contributed by atoms with Gasteiger partial charge in [0.15, 0.2) is 0 Å². The van der Waals surface area contributed by atoms with Crippen molar-refractivity contribution in [3.05, 3.63) is 75.8 Å². The minimum atomic E-state index is -4.02. The molecule has 1 saturated heterocycles. The number of sulfonamides is 1. The standard InChI is InChI=1S/C22H23FN2O5S/c1-15-2-7-21-16(10-15)11-17(22(26)24-21)12-25(13-19-14-29-8-9-30-19)31(27,28)20-5-3-18(23)4-6-20/h2-7,10-11,19H,8-9,12-14H2,1H3,(H,24,26). The lowest BCUT2D eigenvalue weighted by Gasteiger charge is -2.29. The van der Waals surface area contributed by atoms with E-state index in [0.717, 1.165) is 23.1 Å². The molecule has 0 radical (unpaired) electrons. The second kappa shape index (κ2) is 8.88. The van der Waals surface area contributed by atoms with Gasteiger partial charge in [0, 0.05) is 24.2 Å². The van der Waals surface area contributed by atoms with Gasteiger partial charge in [-0.05, 0) is 54.8 Å². The minimum absolute atomic E-state index is 0.00496. The van der Waals surface area contributed by atoms with Crippen LogP contribution in [0.3, 0.4) is 0 Å². The van der Waals surface area contributed by atoms with Gasteiger partial charge in [0.2, 0.25) is 10.0 Å². The number of aromatic nitrogens is 1. The third-order valence-electron chi connectivity index (χ3n) is 5.17. The predicted molar refractivity (Wildman–Crippen MR) is 114 cm³/mol. The number of benzene rings is 2. The zero-order valence-electron chi connectivity index (χ0n) is 17.0. The Kier molecular flexibility index (Phi) is 6.19. The highest BCUT2D eigenvalue weighted by molar-refractivity contribution is 7.89. The number of hydrogen-bond acceptors (Lipinski definition) is 5. The van der Waals surface area contributed by atoms with Gasteiger partial charge in [0.25, 0.3) is 5.56 Å². The van der Waals surface area contributed by atoms with Crippen molar-refractivity contribution >= 4 is 20.9 Å². The molecular weight excluding hydrogens is 423 g/mol. The first kappa shape index (κ1) is 21.6. The van der Waals surface area contributed by atoms with Crippen molar-refractivity contribution in [3.8, 4) is 0 Å². The Balaban J connectivity index is 1.72. The van der Waals surface area contributed by atoms with Gasteiger partial charge in [0.05, 0.1) is 30.8 Å². The van der Waals surface area contributed by atoms with E-state index in [4.69, 9.17) is 9.47 Å². The third kappa shape index (κ3) is 4.85. The molecule has 7 nitrogen and oxygen atoms in total. The van der Waals surface area contributed by atoms with E-state index in [-0.39, 0.29) is 30.2 Å². The lowest BCUT2D eigenvalue weighted by atomic mass is 10.1. The molecule has 1 N–H and O–H groups in total. The quantitative estimate of drug-likeness (QED) is 0.629. The summed E-state index contributed by atoms with van der Waals surface area (Å²) in [6.45, 7) is 2.86. The summed E-state index contributed by atoms with van der Waals surface area (Å²) in [6.07, 6.45) is -0.467. The van der Waals surface area contributed by atoms with Gasteiger partial charge in [-0.25, -0.2) is 12.8 Å². The number of aryl methyl sites for hydroxylation is 1. The van der Waals surface area contributed by atoms with Crippen LogP contribution < -0.4 is 5.56 Å². The van der Waals surface area contributed by atoms with E-state index in [2.05, 4.69) is 4.98 Å². The lowest BCUT2D eigenvalue weighted by molar-refractivity contribution is -0.0923. The molecule has 31 heavy (non-hydrogen) atoms. The largest absolute Gasteiger partial charge is 0.376 e. The summed E-state index contributed by atoms with van der Waals surface area (Å²) in [4.78, 5) is 15.4. The number of aromatic amines is 1. The summed E-state index contributed by atoms with van der Waals surface area (Å²) >= 11 is 0. The van der Waals surface area contributed by atoms with Crippen molar-refractivity contribution in [2.75, 3.05) is 26.4 Å². The maximum absolute atomic E-state index is 13.3. The molecule has 1 aliphatic rings. The van der Waals surface area contributed by atoms with Gasteiger partial charge in [-0.3, -0.25) is 4.79 Å². The van der Waals surface area contributed by atoms with Crippen molar-refractivity contribution in [1.29, 1.82) is 0 Å². The van der Waals surface area contributed by atoms with Crippen LogP contribution >= 0.6 is 0 Å². The molecule has 1 fully saturated rings. The molecule has 1 aliphatic heterocycles. The van der Waals surface area contributed by atoms with Gasteiger partial charge in [-0.2, -0.15) is 4.31 Å². The Bertz CT molecular complexity index is 1230. The van der Waals surface area contributed by atoms with Crippen molar-refractivity contribution in [3.63, 3.8) is 0 Å². The molecule has 0 aliphatic carbocycles. The monoisotopic (exact) mass is 446 g/mol. The number of ether oxygens (including phenoxy) is 2. The molecular formula is C22H23FN2O5S. The van der Waals surface area contributed by atoms with E-state index < -0.39 is 21.9 Å². The van der Waals surface area contributed by atoms with Crippen LogP contribution in [0.1, 0.15) is 11.1 Å². The van der Waals surface area contributed by atoms with E-state index in [1.807, 2.05) is 25.1 Å².